The highest BCUT2D eigenvalue weighted by atomic mass is 19.1. The lowest BCUT2D eigenvalue weighted by Crippen LogP contribution is -2.26. The van der Waals surface area contributed by atoms with E-state index < -0.39 is 0 Å². The van der Waals surface area contributed by atoms with Gasteiger partial charge in [0.05, 0.1) is 12.5 Å². The third kappa shape index (κ3) is 1.62. The molecule has 2 nitrogen and oxygen atoms in total. The van der Waals surface area contributed by atoms with E-state index in [4.69, 9.17) is 4.74 Å². The number of hydrogen-bond acceptors (Lipinski definition) is 2. The normalized spacial score (nSPS) is 19.7. The maximum Gasteiger partial charge on any atom is 0.136 e. The van der Waals surface area contributed by atoms with E-state index >= 15 is 0 Å². The summed E-state index contributed by atoms with van der Waals surface area (Å²) in [7, 11) is 0. The van der Waals surface area contributed by atoms with Crippen LogP contribution in [0.1, 0.15) is 12.5 Å². The van der Waals surface area contributed by atoms with Crippen LogP contribution < -0.4 is 4.74 Å². The van der Waals surface area contributed by atoms with E-state index in [9.17, 15) is 9.18 Å². The lowest BCUT2D eigenvalue weighted by atomic mass is 9.94. The molecule has 0 N–H and O–H groups in total. The first kappa shape index (κ1) is 9.19. The van der Waals surface area contributed by atoms with Crippen LogP contribution in [0.15, 0.2) is 18.2 Å². The number of carbonyl (C=O) groups excluding carboxylic acids is 1. The molecule has 0 amide bonds. The zero-order chi connectivity index (χ0) is 10.1. The van der Waals surface area contributed by atoms with Gasteiger partial charge >= 0.3 is 0 Å². The summed E-state index contributed by atoms with van der Waals surface area (Å²) in [5.74, 6) is 0.393. The lowest BCUT2D eigenvalue weighted by Gasteiger charge is -2.23. The number of ketones is 1. The fraction of sp³-hybridized carbons (Fsp3) is 0.364. The molecule has 1 unspecified atom stereocenters. The summed E-state index contributed by atoms with van der Waals surface area (Å²) in [6.45, 7) is 1.95. The summed E-state index contributed by atoms with van der Waals surface area (Å²) in [6, 6.07) is 4.42. The Hall–Kier alpha value is -1.38. The van der Waals surface area contributed by atoms with E-state index in [1.54, 1.807) is 6.07 Å². The molecule has 1 aromatic carbocycles. The molecular formula is C11H11FO2. The summed E-state index contributed by atoms with van der Waals surface area (Å²) < 4.78 is 18.2. The van der Waals surface area contributed by atoms with Crippen molar-refractivity contribution in [3.05, 3.63) is 29.6 Å². The minimum absolute atomic E-state index is 0.0971. The van der Waals surface area contributed by atoms with Gasteiger partial charge in [-0.05, 0) is 37.1 Å². The molecule has 1 aromatic rings. The van der Waals surface area contributed by atoms with Crippen LogP contribution in [0, 0.1) is 11.7 Å². The summed E-state index contributed by atoms with van der Waals surface area (Å²) >= 11 is 0. The van der Waals surface area contributed by atoms with Crippen molar-refractivity contribution < 1.29 is 13.9 Å². The van der Waals surface area contributed by atoms with E-state index in [1.807, 2.05) is 0 Å². The molecule has 1 aliphatic heterocycles. The maximum atomic E-state index is 12.9. The average Bonchev–Trinajstić information content (AvgIpc) is 2.16. The second kappa shape index (κ2) is 3.40. The van der Waals surface area contributed by atoms with Gasteiger partial charge in [-0.25, -0.2) is 4.39 Å². The third-order valence-electron chi connectivity index (χ3n) is 2.50. The first-order valence-electron chi connectivity index (χ1n) is 4.58. The monoisotopic (exact) mass is 194 g/mol. The summed E-state index contributed by atoms with van der Waals surface area (Å²) in [5, 5.41) is 0. The van der Waals surface area contributed by atoms with Gasteiger partial charge in [0, 0.05) is 0 Å². The van der Waals surface area contributed by atoms with Crippen molar-refractivity contribution in [3.8, 4) is 5.75 Å². The highest BCUT2D eigenvalue weighted by Crippen LogP contribution is 2.28. The van der Waals surface area contributed by atoms with E-state index in [-0.39, 0.29) is 17.5 Å². The molecule has 0 spiro atoms. The van der Waals surface area contributed by atoms with Gasteiger partial charge in [0.15, 0.2) is 0 Å². The van der Waals surface area contributed by atoms with Gasteiger partial charge in [-0.1, -0.05) is 0 Å². The Labute approximate surface area is 81.7 Å². The van der Waals surface area contributed by atoms with Crippen molar-refractivity contribution in [1.82, 2.24) is 0 Å². The molecule has 0 aliphatic carbocycles. The second-order valence-electron chi connectivity index (χ2n) is 3.57. The minimum atomic E-state index is -0.281. The molecule has 2 rings (SSSR count). The number of hydrogen-bond donors (Lipinski definition) is 0. The SMILES string of the molecule is CC(=O)C1COc2ccc(F)cc2C1. The molecule has 0 fully saturated rings. The zero-order valence-electron chi connectivity index (χ0n) is 7.92. The Kier molecular flexibility index (Phi) is 2.23. The second-order valence-corrected chi connectivity index (χ2v) is 3.57. The molecular weight excluding hydrogens is 183 g/mol. The van der Waals surface area contributed by atoms with Gasteiger partial charge in [0.1, 0.15) is 17.3 Å². The predicted octanol–water partition coefficient (Wildman–Crippen LogP) is 1.97. The third-order valence-corrected chi connectivity index (χ3v) is 2.50. The van der Waals surface area contributed by atoms with E-state index in [1.165, 1.54) is 19.1 Å². The van der Waals surface area contributed by atoms with Crippen molar-refractivity contribution in [3.63, 3.8) is 0 Å². The highest BCUT2D eigenvalue weighted by Gasteiger charge is 2.23. The van der Waals surface area contributed by atoms with Crippen LogP contribution in [0.5, 0.6) is 5.75 Å². The van der Waals surface area contributed by atoms with Crippen molar-refractivity contribution in [1.29, 1.82) is 0 Å². The summed E-state index contributed by atoms with van der Waals surface area (Å²) in [5.41, 5.74) is 0.788. The first-order chi connectivity index (χ1) is 6.66. The molecule has 0 saturated carbocycles. The van der Waals surface area contributed by atoms with Crippen molar-refractivity contribution in [2.45, 2.75) is 13.3 Å². The molecule has 0 radical (unpaired) electrons. The highest BCUT2D eigenvalue weighted by molar-refractivity contribution is 5.79. The topological polar surface area (TPSA) is 26.3 Å². The molecule has 14 heavy (non-hydrogen) atoms. The number of fused-ring (bicyclic) bond motifs is 1. The van der Waals surface area contributed by atoms with Gasteiger partial charge < -0.3 is 4.74 Å². The Morgan fingerprint density at radius 2 is 2.36 bits per heavy atom. The van der Waals surface area contributed by atoms with E-state index in [0.29, 0.717) is 18.8 Å². The Balaban J connectivity index is 2.29. The maximum absolute atomic E-state index is 12.9. The Morgan fingerprint density at radius 3 is 3.07 bits per heavy atom. The van der Waals surface area contributed by atoms with Gasteiger partial charge in [-0.15, -0.1) is 0 Å². The zero-order valence-corrected chi connectivity index (χ0v) is 7.92. The molecule has 1 heterocycles. The molecule has 3 heteroatoms. The number of halogens is 1. The Bertz CT molecular complexity index is 374. The molecule has 74 valence electrons. The smallest absolute Gasteiger partial charge is 0.136 e. The average molecular weight is 194 g/mol. The van der Waals surface area contributed by atoms with Crippen LogP contribution in [0.4, 0.5) is 4.39 Å². The standard InChI is InChI=1S/C11H11FO2/c1-7(13)9-4-8-5-10(12)2-3-11(8)14-6-9/h2-3,5,9H,4,6H2,1H3. The fourth-order valence-electron chi connectivity index (χ4n) is 1.62. The van der Waals surface area contributed by atoms with E-state index in [2.05, 4.69) is 0 Å². The first-order valence-corrected chi connectivity index (χ1v) is 4.58. The number of ether oxygens (including phenoxy) is 1. The molecule has 0 bridgehead atoms. The number of rotatable bonds is 1. The van der Waals surface area contributed by atoms with Gasteiger partial charge in [-0.2, -0.15) is 0 Å². The minimum Gasteiger partial charge on any atom is -0.493 e. The van der Waals surface area contributed by atoms with Crippen molar-refractivity contribution in [2.75, 3.05) is 6.61 Å². The van der Waals surface area contributed by atoms with Crippen molar-refractivity contribution in [2.24, 2.45) is 5.92 Å². The molecule has 1 aliphatic rings. The molecule has 1 atom stereocenters. The van der Waals surface area contributed by atoms with Crippen LogP contribution in [0.25, 0.3) is 0 Å². The van der Waals surface area contributed by atoms with Crippen LogP contribution in [0.2, 0.25) is 0 Å². The van der Waals surface area contributed by atoms with Crippen LogP contribution in [-0.4, -0.2) is 12.4 Å². The van der Waals surface area contributed by atoms with Gasteiger partial charge in [-0.3, -0.25) is 4.79 Å². The molecule has 0 saturated heterocycles. The summed E-state index contributed by atoms with van der Waals surface area (Å²) in [6.07, 6.45) is 0.586. The van der Waals surface area contributed by atoms with Crippen LogP contribution >= 0.6 is 0 Å². The fourth-order valence-corrected chi connectivity index (χ4v) is 1.62. The number of carbonyl (C=O) groups is 1. The van der Waals surface area contributed by atoms with Crippen LogP contribution in [-0.2, 0) is 11.2 Å². The predicted molar refractivity (Wildman–Crippen MR) is 49.8 cm³/mol. The summed E-state index contributed by atoms with van der Waals surface area (Å²) in [4.78, 5) is 11.1. The largest absolute Gasteiger partial charge is 0.493 e. The number of Topliss-reactive ketones (excluding diaryl/α,β-unsaturated/α-hetero) is 1. The lowest BCUT2D eigenvalue weighted by molar-refractivity contribution is -0.121. The quantitative estimate of drug-likeness (QED) is 0.683. The number of benzene rings is 1. The Morgan fingerprint density at radius 1 is 1.57 bits per heavy atom. The van der Waals surface area contributed by atoms with Crippen LogP contribution in [0.3, 0.4) is 0 Å². The van der Waals surface area contributed by atoms with E-state index in [0.717, 1.165) is 5.56 Å². The van der Waals surface area contributed by atoms with Gasteiger partial charge in [0.25, 0.3) is 0 Å². The molecule has 0 aromatic heterocycles. The van der Waals surface area contributed by atoms with Crippen molar-refractivity contribution >= 4 is 5.78 Å². The van der Waals surface area contributed by atoms with Gasteiger partial charge in [0.2, 0.25) is 0 Å².